The maximum absolute atomic E-state index is 12.6. The van der Waals surface area contributed by atoms with Crippen LogP contribution in [0.1, 0.15) is 28.9 Å². The molecule has 1 aliphatic rings. The summed E-state index contributed by atoms with van der Waals surface area (Å²) in [5.41, 5.74) is -0.585. The molecule has 1 saturated heterocycles. The van der Waals surface area contributed by atoms with Gasteiger partial charge in [0.25, 0.3) is 5.91 Å². The number of halogens is 4. The van der Waals surface area contributed by atoms with Crippen LogP contribution in [0.25, 0.3) is 11.3 Å². The number of carbonyl (C=O) groups excluding carboxylic acids is 1. The van der Waals surface area contributed by atoms with Gasteiger partial charge >= 0.3 is 6.18 Å². The molecule has 1 amide bonds. The molecule has 9 heteroatoms. The third kappa shape index (κ3) is 4.19. The van der Waals surface area contributed by atoms with Gasteiger partial charge in [-0.3, -0.25) is 4.79 Å². The lowest BCUT2D eigenvalue weighted by Gasteiger charge is -2.21. The van der Waals surface area contributed by atoms with Crippen molar-refractivity contribution in [2.75, 3.05) is 19.8 Å². The lowest BCUT2D eigenvalue weighted by Crippen LogP contribution is -2.33. The molecule has 1 aromatic heterocycles. The highest BCUT2D eigenvalue weighted by molar-refractivity contribution is 6.35. The standard InChI is InChI=1S/C17H16ClF3N2O3/c18-13-14(16(24)22-8-10-2-1-7-25-9-10)23-26-15(13)11-3-5-12(6-4-11)17(19,20)21/h3-6,10H,1-2,7-9H2,(H,22,24). The summed E-state index contributed by atoms with van der Waals surface area (Å²) in [6.45, 7) is 1.75. The molecular formula is C17H16ClF3N2O3. The quantitative estimate of drug-likeness (QED) is 0.853. The van der Waals surface area contributed by atoms with Crippen molar-refractivity contribution in [1.82, 2.24) is 10.5 Å². The maximum Gasteiger partial charge on any atom is 0.416 e. The minimum absolute atomic E-state index is 0.0397. The molecule has 0 aliphatic carbocycles. The smallest absolute Gasteiger partial charge is 0.381 e. The van der Waals surface area contributed by atoms with E-state index in [0.29, 0.717) is 18.7 Å². The molecule has 0 spiro atoms. The highest BCUT2D eigenvalue weighted by Gasteiger charge is 2.30. The van der Waals surface area contributed by atoms with Crippen molar-refractivity contribution in [3.63, 3.8) is 0 Å². The van der Waals surface area contributed by atoms with Gasteiger partial charge in [0.1, 0.15) is 5.02 Å². The molecule has 1 unspecified atom stereocenters. The van der Waals surface area contributed by atoms with Crippen molar-refractivity contribution in [2.24, 2.45) is 5.92 Å². The first-order valence-corrected chi connectivity index (χ1v) is 8.43. The van der Waals surface area contributed by atoms with Gasteiger partial charge in [0.05, 0.1) is 12.2 Å². The Balaban J connectivity index is 1.69. The molecule has 1 atom stereocenters. The number of rotatable bonds is 4. The van der Waals surface area contributed by atoms with Gasteiger partial charge in [-0.05, 0) is 30.9 Å². The lowest BCUT2D eigenvalue weighted by molar-refractivity contribution is -0.137. The number of hydrogen-bond acceptors (Lipinski definition) is 4. The van der Waals surface area contributed by atoms with E-state index in [1.54, 1.807) is 0 Å². The van der Waals surface area contributed by atoms with E-state index in [2.05, 4.69) is 10.5 Å². The fourth-order valence-corrected chi connectivity index (χ4v) is 2.96. The van der Waals surface area contributed by atoms with E-state index >= 15 is 0 Å². The number of hydrogen-bond donors (Lipinski definition) is 1. The zero-order valence-electron chi connectivity index (χ0n) is 13.6. The van der Waals surface area contributed by atoms with E-state index in [0.717, 1.165) is 31.6 Å². The largest absolute Gasteiger partial charge is 0.416 e. The SMILES string of the molecule is O=C(NCC1CCCOC1)c1noc(-c2ccc(C(F)(F)F)cc2)c1Cl. The van der Waals surface area contributed by atoms with Crippen LogP contribution in [0.15, 0.2) is 28.8 Å². The van der Waals surface area contributed by atoms with Crippen molar-refractivity contribution < 1.29 is 27.2 Å². The molecule has 2 aromatic rings. The van der Waals surface area contributed by atoms with Gasteiger partial charge in [-0.1, -0.05) is 28.9 Å². The molecule has 5 nitrogen and oxygen atoms in total. The van der Waals surface area contributed by atoms with Gasteiger partial charge in [0, 0.05) is 18.7 Å². The molecule has 2 heterocycles. The van der Waals surface area contributed by atoms with Gasteiger partial charge in [0.2, 0.25) is 0 Å². The summed E-state index contributed by atoms with van der Waals surface area (Å²) in [7, 11) is 0. The first kappa shape index (κ1) is 18.7. The van der Waals surface area contributed by atoms with Crippen molar-refractivity contribution >= 4 is 17.5 Å². The summed E-state index contributed by atoms with van der Waals surface area (Å²) in [5.74, 6) is -0.221. The van der Waals surface area contributed by atoms with Crippen LogP contribution in [0.4, 0.5) is 13.2 Å². The van der Waals surface area contributed by atoms with Crippen LogP contribution >= 0.6 is 11.6 Å². The van der Waals surface area contributed by atoms with Gasteiger partial charge in [0.15, 0.2) is 11.5 Å². The molecule has 3 rings (SSSR count). The van der Waals surface area contributed by atoms with Crippen LogP contribution < -0.4 is 5.32 Å². The Labute approximate surface area is 152 Å². The van der Waals surface area contributed by atoms with Crippen LogP contribution in [-0.2, 0) is 10.9 Å². The molecule has 1 aliphatic heterocycles. The van der Waals surface area contributed by atoms with Crippen LogP contribution in [0.3, 0.4) is 0 Å². The Kier molecular flexibility index (Phi) is 5.52. The molecule has 1 aromatic carbocycles. The Morgan fingerprint density at radius 3 is 2.65 bits per heavy atom. The molecule has 1 N–H and O–H groups in total. The van der Waals surface area contributed by atoms with Gasteiger partial charge in [-0.2, -0.15) is 13.2 Å². The van der Waals surface area contributed by atoms with Crippen molar-refractivity contribution in [3.05, 3.63) is 40.5 Å². The molecule has 0 bridgehead atoms. The second-order valence-corrected chi connectivity index (χ2v) is 6.42. The molecule has 26 heavy (non-hydrogen) atoms. The van der Waals surface area contributed by atoms with Crippen molar-refractivity contribution in [3.8, 4) is 11.3 Å². The fraction of sp³-hybridized carbons (Fsp3) is 0.412. The monoisotopic (exact) mass is 388 g/mol. The molecule has 0 saturated carbocycles. The molecule has 140 valence electrons. The van der Waals surface area contributed by atoms with E-state index in [1.807, 2.05) is 0 Å². The van der Waals surface area contributed by atoms with Gasteiger partial charge < -0.3 is 14.6 Å². The number of carbonyl (C=O) groups is 1. The normalized spacial score (nSPS) is 17.9. The minimum atomic E-state index is -4.43. The Morgan fingerprint density at radius 2 is 2.04 bits per heavy atom. The predicted octanol–water partition coefficient (Wildman–Crippen LogP) is 4.17. The van der Waals surface area contributed by atoms with Crippen LogP contribution in [0.5, 0.6) is 0 Å². The van der Waals surface area contributed by atoms with E-state index in [-0.39, 0.29) is 22.4 Å². The minimum Gasteiger partial charge on any atom is -0.381 e. The number of amides is 1. The van der Waals surface area contributed by atoms with E-state index in [1.165, 1.54) is 12.1 Å². The number of nitrogens with one attached hydrogen (secondary N) is 1. The number of aromatic nitrogens is 1. The van der Waals surface area contributed by atoms with E-state index in [9.17, 15) is 18.0 Å². The van der Waals surface area contributed by atoms with Gasteiger partial charge in [-0.25, -0.2) is 0 Å². The lowest BCUT2D eigenvalue weighted by atomic mass is 10.0. The molecular weight excluding hydrogens is 373 g/mol. The average Bonchev–Trinajstić information content (AvgIpc) is 3.01. The van der Waals surface area contributed by atoms with E-state index < -0.39 is 17.6 Å². The van der Waals surface area contributed by atoms with E-state index in [4.69, 9.17) is 20.9 Å². The second kappa shape index (κ2) is 7.67. The summed E-state index contributed by atoms with van der Waals surface area (Å²) in [5, 5.41) is 6.34. The second-order valence-electron chi connectivity index (χ2n) is 6.04. The summed E-state index contributed by atoms with van der Waals surface area (Å²) in [6.07, 6.45) is -2.52. The average molecular weight is 389 g/mol. The zero-order chi connectivity index (χ0) is 18.7. The summed E-state index contributed by atoms with van der Waals surface area (Å²) in [6, 6.07) is 4.26. The van der Waals surface area contributed by atoms with Crippen molar-refractivity contribution in [1.29, 1.82) is 0 Å². The highest BCUT2D eigenvalue weighted by atomic mass is 35.5. The number of alkyl halides is 3. The summed E-state index contributed by atoms with van der Waals surface area (Å²) < 4.78 is 48.3. The van der Waals surface area contributed by atoms with Gasteiger partial charge in [-0.15, -0.1) is 0 Å². The predicted molar refractivity (Wildman–Crippen MR) is 87.8 cm³/mol. The Bertz CT molecular complexity index is 769. The van der Waals surface area contributed by atoms with Crippen LogP contribution in [-0.4, -0.2) is 30.8 Å². The Hall–Kier alpha value is -2.06. The van der Waals surface area contributed by atoms with Crippen LogP contribution in [0, 0.1) is 5.92 Å². The first-order valence-electron chi connectivity index (χ1n) is 8.05. The topological polar surface area (TPSA) is 64.4 Å². The number of ether oxygens (including phenoxy) is 1. The first-order chi connectivity index (χ1) is 12.4. The van der Waals surface area contributed by atoms with Crippen LogP contribution in [0.2, 0.25) is 5.02 Å². The Morgan fingerprint density at radius 1 is 1.31 bits per heavy atom. The number of benzene rings is 1. The summed E-state index contributed by atoms with van der Waals surface area (Å²) >= 11 is 6.14. The highest BCUT2D eigenvalue weighted by Crippen LogP contribution is 2.34. The number of nitrogens with zero attached hydrogens (tertiary/aromatic N) is 1. The zero-order valence-corrected chi connectivity index (χ0v) is 14.4. The molecule has 1 fully saturated rings. The fourth-order valence-electron chi connectivity index (χ4n) is 2.70. The maximum atomic E-state index is 12.6. The summed E-state index contributed by atoms with van der Waals surface area (Å²) in [4.78, 5) is 12.2. The molecule has 0 radical (unpaired) electrons. The third-order valence-electron chi connectivity index (χ3n) is 4.13. The van der Waals surface area contributed by atoms with Crippen molar-refractivity contribution in [2.45, 2.75) is 19.0 Å². The third-order valence-corrected chi connectivity index (χ3v) is 4.48.